The predicted octanol–water partition coefficient (Wildman–Crippen LogP) is 4.35. The summed E-state index contributed by atoms with van der Waals surface area (Å²) >= 11 is 3.38. The minimum Gasteiger partial charge on any atom is -0.287 e. The fourth-order valence-corrected chi connectivity index (χ4v) is 2.50. The fraction of sp³-hybridized carbons (Fsp3) is 0.0588. The Balaban J connectivity index is 0.00000161. The summed E-state index contributed by atoms with van der Waals surface area (Å²) in [6.45, 7) is 0.350. The second kappa shape index (κ2) is 6.96. The van der Waals surface area contributed by atoms with E-state index in [9.17, 15) is 4.79 Å². The van der Waals surface area contributed by atoms with Crippen LogP contribution >= 0.6 is 32.9 Å². The number of fused-ring (bicyclic) bond motifs is 1. The minimum atomic E-state index is 0. The van der Waals surface area contributed by atoms with Crippen LogP contribution in [0.3, 0.4) is 0 Å². The maximum absolute atomic E-state index is 12.3. The number of aromatic nitrogens is 1. The largest absolute Gasteiger partial charge is 0.287 e. The lowest BCUT2D eigenvalue weighted by molar-refractivity contribution is -0.657. The van der Waals surface area contributed by atoms with Gasteiger partial charge in [0.2, 0.25) is 17.8 Å². The highest BCUT2D eigenvalue weighted by atomic mass is 79.9. The van der Waals surface area contributed by atoms with Crippen LogP contribution in [0.1, 0.15) is 10.4 Å². The summed E-state index contributed by atoms with van der Waals surface area (Å²) in [5.74, 6) is 0.110. The number of hydrogen-bond donors (Lipinski definition) is 0. The first-order valence-electron chi connectivity index (χ1n) is 6.40. The van der Waals surface area contributed by atoms with Crippen molar-refractivity contribution >= 4 is 49.6 Å². The van der Waals surface area contributed by atoms with Gasteiger partial charge in [0.05, 0.1) is 0 Å². The van der Waals surface area contributed by atoms with E-state index >= 15 is 0 Å². The number of rotatable bonds is 3. The molecule has 0 spiro atoms. The number of nitrogens with zero attached hydrogens (tertiary/aromatic N) is 1. The van der Waals surface area contributed by atoms with E-state index in [-0.39, 0.29) is 22.8 Å². The quantitative estimate of drug-likeness (QED) is 0.467. The Labute approximate surface area is 142 Å². The molecule has 4 heteroatoms. The third kappa shape index (κ3) is 3.57. The molecule has 0 bridgehead atoms. The molecular weight excluding hydrogens is 394 g/mol. The SMILES string of the molecule is Br.O=C(C[n+]1cccc2ccccc21)c1ccc(Br)cc1. The lowest BCUT2D eigenvalue weighted by Crippen LogP contribution is -2.38. The minimum absolute atomic E-state index is 0. The highest BCUT2D eigenvalue weighted by Crippen LogP contribution is 2.12. The van der Waals surface area contributed by atoms with Crippen LogP contribution in [-0.4, -0.2) is 5.78 Å². The molecule has 3 rings (SSSR count). The smallest absolute Gasteiger partial charge is 0.227 e. The van der Waals surface area contributed by atoms with E-state index in [1.54, 1.807) is 0 Å². The van der Waals surface area contributed by atoms with Crippen molar-refractivity contribution in [3.63, 3.8) is 0 Å². The molecule has 106 valence electrons. The number of para-hydroxylation sites is 1. The molecule has 0 aliphatic rings. The van der Waals surface area contributed by atoms with Gasteiger partial charge in [0.25, 0.3) is 0 Å². The average molecular weight is 408 g/mol. The van der Waals surface area contributed by atoms with E-state index in [0.29, 0.717) is 6.54 Å². The van der Waals surface area contributed by atoms with Crippen LogP contribution in [0.25, 0.3) is 10.9 Å². The molecule has 0 fully saturated rings. The summed E-state index contributed by atoms with van der Waals surface area (Å²) in [6.07, 6.45) is 1.94. The number of carbonyl (C=O) groups excluding carboxylic acids is 1. The van der Waals surface area contributed by atoms with Gasteiger partial charge in [-0.1, -0.05) is 40.2 Å². The van der Waals surface area contributed by atoms with Crippen molar-refractivity contribution in [2.75, 3.05) is 0 Å². The zero-order valence-corrected chi connectivity index (χ0v) is 14.5. The van der Waals surface area contributed by atoms with Gasteiger partial charge in [-0.05, 0) is 24.3 Å². The molecule has 0 atom stereocenters. The summed E-state index contributed by atoms with van der Waals surface area (Å²) in [4.78, 5) is 12.3. The third-order valence-electron chi connectivity index (χ3n) is 3.27. The number of hydrogen-bond acceptors (Lipinski definition) is 1. The molecule has 3 aromatic rings. The Morgan fingerprint density at radius 1 is 0.952 bits per heavy atom. The maximum atomic E-state index is 12.3. The Hall–Kier alpha value is -1.52. The third-order valence-corrected chi connectivity index (χ3v) is 3.80. The Bertz CT molecular complexity index is 764. The summed E-state index contributed by atoms with van der Waals surface area (Å²) in [5, 5.41) is 1.14. The van der Waals surface area contributed by atoms with E-state index in [4.69, 9.17) is 0 Å². The highest BCUT2D eigenvalue weighted by Gasteiger charge is 2.14. The normalized spacial score (nSPS) is 10.1. The van der Waals surface area contributed by atoms with Gasteiger partial charge in [-0.25, -0.2) is 0 Å². The van der Waals surface area contributed by atoms with Crippen molar-refractivity contribution in [3.05, 3.63) is 76.9 Å². The number of benzene rings is 2. The van der Waals surface area contributed by atoms with Gasteiger partial charge in [0.15, 0.2) is 6.20 Å². The van der Waals surface area contributed by atoms with E-state index < -0.39 is 0 Å². The zero-order chi connectivity index (χ0) is 13.9. The summed E-state index contributed by atoms with van der Waals surface area (Å²) in [6, 6.07) is 19.6. The van der Waals surface area contributed by atoms with Crippen molar-refractivity contribution in [3.8, 4) is 0 Å². The van der Waals surface area contributed by atoms with Crippen LogP contribution in [0.15, 0.2) is 71.3 Å². The standard InChI is InChI=1S/C17H13BrNO.BrH/c18-15-9-7-14(8-10-15)17(20)12-19-11-3-5-13-4-1-2-6-16(13)19;/h1-11H,12H2;1H/q+1;. The summed E-state index contributed by atoms with van der Waals surface area (Å²) in [7, 11) is 0. The lowest BCUT2D eigenvalue weighted by Gasteiger charge is -2.01. The molecule has 0 radical (unpaired) electrons. The molecule has 0 aliphatic carbocycles. The molecule has 0 aliphatic heterocycles. The van der Waals surface area contributed by atoms with Gasteiger partial charge < -0.3 is 0 Å². The molecule has 0 saturated carbocycles. The number of carbonyl (C=O) groups is 1. The molecule has 2 aromatic carbocycles. The number of Topliss-reactive ketones (excluding diaryl/α,β-unsaturated/α-hetero) is 1. The van der Waals surface area contributed by atoms with Crippen molar-refractivity contribution in [1.82, 2.24) is 0 Å². The second-order valence-corrected chi connectivity index (χ2v) is 5.54. The molecule has 0 amide bonds. The van der Waals surface area contributed by atoms with Crippen LogP contribution in [0.2, 0.25) is 0 Å². The summed E-state index contributed by atoms with van der Waals surface area (Å²) in [5.41, 5.74) is 1.80. The second-order valence-electron chi connectivity index (χ2n) is 4.62. The van der Waals surface area contributed by atoms with Gasteiger partial charge in [-0.15, -0.1) is 17.0 Å². The lowest BCUT2D eigenvalue weighted by atomic mass is 10.1. The van der Waals surface area contributed by atoms with Crippen LogP contribution in [0.5, 0.6) is 0 Å². The van der Waals surface area contributed by atoms with E-state index in [1.807, 2.05) is 59.3 Å². The first-order valence-corrected chi connectivity index (χ1v) is 7.19. The van der Waals surface area contributed by atoms with Gasteiger partial charge in [0.1, 0.15) is 0 Å². The molecule has 2 nitrogen and oxygen atoms in total. The first-order chi connectivity index (χ1) is 9.74. The van der Waals surface area contributed by atoms with E-state index in [2.05, 4.69) is 28.1 Å². The summed E-state index contributed by atoms with van der Waals surface area (Å²) < 4.78 is 2.96. The van der Waals surface area contributed by atoms with Gasteiger partial charge >= 0.3 is 0 Å². The fourth-order valence-electron chi connectivity index (χ4n) is 2.24. The molecule has 1 aromatic heterocycles. The number of halogens is 2. The first kappa shape index (κ1) is 15.9. The Morgan fingerprint density at radius 2 is 1.62 bits per heavy atom. The van der Waals surface area contributed by atoms with Crippen molar-refractivity contribution in [1.29, 1.82) is 0 Å². The highest BCUT2D eigenvalue weighted by molar-refractivity contribution is 9.10. The Kier molecular flexibility index (Phi) is 5.26. The van der Waals surface area contributed by atoms with Crippen LogP contribution in [0.4, 0.5) is 0 Å². The van der Waals surface area contributed by atoms with Gasteiger partial charge in [-0.3, -0.25) is 4.79 Å². The molecule has 1 heterocycles. The van der Waals surface area contributed by atoms with Gasteiger partial charge in [-0.2, -0.15) is 4.57 Å². The monoisotopic (exact) mass is 406 g/mol. The zero-order valence-electron chi connectivity index (χ0n) is 11.2. The maximum Gasteiger partial charge on any atom is 0.227 e. The van der Waals surface area contributed by atoms with E-state index in [1.165, 1.54) is 0 Å². The van der Waals surface area contributed by atoms with Crippen molar-refractivity contribution in [2.45, 2.75) is 6.54 Å². The van der Waals surface area contributed by atoms with E-state index in [0.717, 1.165) is 20.9 Å². The van der Waals surface area contributed by atoms with Crippen LogP contribution < -0.4 is 4.57 Å². The number of ketones is 1. The van der Waals surface area contributed by atoms with Crippen LogP contribution in [0, 0.1) is 0 Å². The van der Waals surface area contributed by atoms with Crippen molar-refractivity contribution in [2.24, 2.45) is 0 Å². The molecular formula is C17H14Br2NO+. The molecule has 0 unspecified atom stereocenters. The molecule has 0 N–H and O–H groups in total. The molecule has 0 saturated heterocycles. The van der Waals surface area contributed by atoms with Gasteiger partial charge in [0, 0.05) is 27.6 Å². The predicted molar refractivity (Wildman–Crippen MR) is 92.9 cm³/mol. The average Bonchev–Trinajstić information content (AvgIpc) is 2.48. The van der Waals surface area contributed by atoms with Crippen molar-refractivity contribution < 1.29 is 9.36 Å². The molecule has 21 heavy (non-hydrogen) atoms. The number of pyridine rings is 1. The van der Waals surface area contributed by atoms with Crippen LogP contribution in [-0.2, 0) is 6.54 Å². The topological polar surface area (TPSA) is 20.9 Å². The Morgan fingerprint density at radius 3 is 2.38 bits per heavy atom.